The lowest BCUT2D eigenvalue weighted by molar-refractivity contribution is -0.143. The first-order valence-corrected chi connectivity index (χ1v) is 12.8. The lowest BCUT2D eigenvalue weighted by Gasteiger charge is -2.38. The van der Waals surface area contributed by atoms with Gasteiger partial charge in [-0.2, -0.15) is 0 Å². The maximum Gasteiger partial charge on any atom is 0.256 e. The van der Waals surface area contributed by atoms with Gasteiger partial charge in [-0.3, -0.25) is 4.79 Å². The highest BCUT2D eigenvalue weighted by Gasteiger charge is 2.35. The van der Waals surface area contributed by atoms with Crippen LogP contribution in [0.4, 0.5) is 22.9 Å². The summed E-state index contributed by atoms with van der Waals surface area (Å²) in [5, 5.41) is 13.5. The van der Waals surface area contributed by atoms with Gasteiger partial charge in [0, 0.05) is 30.0 Å². The Morgan fingerprint density at radius 3 is 2.86 bits per heavy atom. The van der Waals surface area contributed by atoms with Gasteiger partial charge in [0.15, 0.2) is 0 Å². The van der Waals surface area contributed by atoms with E-state index < -0.39 is 6.10 Å². The van der Waals surface area contributed by atoms with Crippen LogP contribution in [0.15, 0.2) is 36.5 Å². The van der Waals surface area contributed by atoms with Crippen LogP contribution in [0.25, 0.3) is 0 Å². The van der Waals surface area contributed by atoms with Crippen molar-refractivity contribution in [3.05, 3.63) is 42.1 Å². The molecule has 0 aliphatic carbocycles. The van der Waals surface area contributed by atoms with Gasteiger partial charge < -0.3 is 29.7 Å². The average molecular weight is 481 g/mol. The van der Waals surface area contributed by atoms with Crippen LogP contribution in [-0.4, -0.2) is 59.6 Å². The number of hydrogen-bond donors (Lipinski definition) is 2. The molecular formula is C27H36N4O4. The summed E-state index contributed by atoms with van der Waals surface area (Å²) < 4.78 is 11.9. The molecule has 4 atom stereocenters. The predicted octanol–water partition coefficient (Wildman–Crippen LogP) is 3.99. The zero-order valence-electron chi connectivity index (χ0n) is 20.8. The number of amides is 1. The van der Waals surface area contributed by atoms with Crippen molar-refractivity contribution in [3.63, 3.8) is 0 Å². The van der Waals surface area contributed by atoms with E-state index in [1.807, 2.05) is 36.9 Å². The summed E-state index contributed by atoms with van der Waals surface area (Å²) in [5.74, 6) is 0.730. The van der Waals surface area contributed by atoms with Crippen LogP contribution in [0.3, 0.4) is 0 Å². The predicted molar refractivity (Wildman–Crippen MR) is 136 cm³/mol. The Balaban J connectivity index is 1.44. The van der Waals surface area contributed by atoms with Gasteiger partial charge in [0.25, 0.3) is 5.91 Å². The first-order chi connectivity index (χ1) is 16.9. The van der Waals surface area contributed by atoms with Gasteiger partial charge in [-0.25, -0.2) is 4.98 Å². The Hall–Kier alpha value is -2.68. The molecule has 2 aromatic rings. The molecule has 2 N–H and O–H groups in total. The molecule has 3 aliphatic heterocycles. The fraction of sp³-hybridized carbons (Fsp3) is 0.556. The highest BCUT2D eigenvalue weighted by Crippen LogP contribution is 2.39. The van der Waals surface area contributed by atoms with Crippen LogP contribution in [0.1, 0.15) is 52.0 Å². The van der Waals surface area contributed by atoms with E-state index in [1.165, 1.54) is 0 Å². The molecular weight excluding hydrogens is 444 g/mol. The third-order valence-electron chi connectivity index (χ3n) is 7.17. The van der Waals surface area contributed by atoms with Gasteiger partial charge in [-0.1, -0.05) is 6.07 Å². The number of hydrogen-bond acceptors (Lipinski definition) is 7. The molecule has 2 saturated heterocycles. The van der Waals surface area contributed by atoms with Gasteiger partial charge in [0.2, 0.25) is 0 Å². The summed E-state index contributed by atoms with van der Waals surface area (Å²) >= 11 is 0. The fourth-order valence-corrected chi connectivity index (χ4v) is 5.41. The van der Waals surface area contributed by atoms with Gasteiger partial charge in [-0.15, -0.1) is 0 Å². The minimum absolute atomic E-state index is 0.0320. The number of ether oxygens (including phenoxy) is 2. The second kappa shape index (κ2) is 10.1. The Bertz CT molecular complexity index is 1050. The van der Waals surface area contributed by atoms with Crippen LogP contribution in [0.5, 0.6) is 0 Å². The Labute approximate surface area is 207 Å². The zero-order chi connectivity index (χ0) is 24.5. The molecule has 2 fully saturated rings. The number of anilines is 4. The fourth-order valence-electron chi connectivity index (χ4n) is 5.41. The molecule has 8 nitrogen and oxygen atoms in total. The summed E-state index contributed by atoms with van der Waals surface area (Å²) in [6.45, 7) is 7.81. The number of nitrogens with zero attached hydrogens (tertiary/aromatic N) is 3. The molecule has 0 radical (unpaired) electrons. The van der Waals surface area contributed by atoms with E-state index in [-0.39, 0.29) is 30.3 Å². The van der Waals surface area contributed by atoms with Crippen molar-refractivity contribution in [1.82, 2.24) is 4.98 Å². The van der Waals surface area contributed by atoms with E-state index in [9.17, 15) is 9.90 Å². The number of aromatic nitrogens is 1. The topological polar surface area (TPSA) is 87.2 Å². The molecule has 8 heteroatoms. The second-order valence-electron chi connectivity index (χ2n) is 10.2. The Kier molecular flexibility index (Phi) is 6.95. The first kappa shape index (κ1) is 24.0. The number of pyridine rings is 1. The number of fused-ring (bicyclic) bond motifs is 2. The van der Waals surface area contributed by atoms with E-state index >= 15 is 0 Å². The van der Waals surface area contributed by atoms with E-state index in [2.05, 4.69) is 34.3 Å². The van der Waals surface area contributed by atoms with Crippen LogP contribution >= 0.6 is 0 Å². The third kappa shape index (κ3) is 5.15. The third-order valence-corrected chi connectivity index (χ3v) is 7.17. The summed E-state index contributed by atoms with van der Waals surface area (Å²) in [7, 11) is 0. The number of benzene rings is 1. The molecule has 0 unspecified atom stereocenters. The molecule has 5 rings (SSSR count). The SMILES string of the molecule is CC(C)O[C@H]1CC[C@H](C(=O)N2Cc3cccnc3Nc3ccc(N4CC[C@@H](O)C[C@H]4C)cc32)OC1. The second-order valence-corrected chi connectivity index (χ2v) is 10.2. The van der Waals surface area contributed by atoms with Crippen molar-refractivity contribution in [3.8, 4) is 0 Å². The van der Waals surface area contributed by atoms with Crippen molar-refractivity contribution >= 4 is 28.8 Å². The Morgan fingerprint density at radius 2 is 2.11 bits per heavy atom. The van der Waals surface area contributed by atoms with Crippen molar-refractivity contribution in [2.75, 3.05) is 28.3 Å². The van der Waals surface area contributed by atoms with Crippen LogP contribution < -0.4 is 15.1 Å². The van der Waals surface area contributed by atoms with Gasteiger partial charge in [0.05, 0.1) is 42.8 Å². The smallest absolute Gasteiger partial charge is 0.256 e. The number of aliphatic hydroxyl groups excluding tert-OH is 1. The minimum Gasteiger partial charge on any atom is -0.393 e. The lowest BCUT2D eigenvalue weighted by atomic mass is 9.99. The molecule has 1 aromatic carbocycles. The van der Waals surface area contributed by atoms with Crippen molar-refractivity contribution in [2.24, 2.45) is 0 Å². The number of carbonyl (C=O) groups is 1. The molecule has 35 heavy (non-hydrogen) atoms. The molecule has 4 heterocycles. The van der Waals surface area contributed by atoms with E-state index in [0.29, 0.717) is 19.6 Å². The van der Waals surface area contributed by atoms with E-state index in [4.69, 9.17) is 9.47 Å². The number of nitrogens with one attached hydrogen (secondary N) is 1. The van der Waals surface area contributed by atoms with E-state index in [0.717, 1.165) is 54.3 Å². The molecule has 1 amide bonds. The molecule has 0 bridgehead atoms. The number of piperidine rings is 1. The summed E-state index contributed by atoms with van der Waals surface area (Å²) in [4.78, 5) is 22.5. The van der Waals surface area contributed by atoms with Gasteiger partial charge in [0.1, 0.15) is 11.9 Å². The number of rotatable bonds is 4. The highest BCUT2D eigenvalue weighted by molar-refractivity contribution is 6.01. The minimum atomic E-state index is -0.499. The molecule has 0 saturated carbocycles. The standard InChI is InChI=1S/C27H36N4O4/c1-17(2)35-22-7-9-25(34-16-22)27(33)31-15-19-5-4-11-28-26(19)29-23-8-6-20(14-24(23)31)30-12-10-21(32)13-18(30)3/h4-6,8,11,14,17-18,21-22,25,32H,7,9-10,12-13,15-16H2,1-3H3,(H,28,29)/t18-,21-,22+,25-/m1/s1. The zero-order valence-corrected chi connectivity index (χ0v) is 20.8. The van der Waals surface area contributed by atoms with Gasteiger partial charge in [-0.05, 0) is 70.7 Å². The van der Waals surface area contributed by atoms with Gasteiger partial charge >= 0.3 is 0 Å². The highest BCUT2D eigenvalue weighted by atomic mass is 16.5. The van der Waals surface area contributed by atoms with Crippen molar-refractivity contribution < 1.29 is 19.4 Å². The van der Waals surface area contributed by atoms with Crippen LogP contribution in [0.2, 0.25) is 0 Å². The summed E-state index contributed by atoms with van der Waals surface area (Å²) in [5.41, 5.74) is 3.69. The molecule has 188 valence electrons. The monoisotopic (exact) mass is 480 g/mol. The largest absolute Gasteiger partial charge is 0.393 e. The van der Waals surface area contributed by atoms with Crippen LogP contribution in [-0.2, 0) is 20.8 Å². The lowest BCUT2D eigenvalue weighted by Crippen LogP contribution is -2.45. The van der Waals surface area contributed by atoms with Crippen molar-refractivity contribution in [2.45, 2.75) is 83.5 Å². The summed E-state index contributed by atoms with van der Waals surface area (Å²) in [6.07, 6.45) is 4.10. The maximum atomic E-state index is 13.9. The van der Waals surface area contributed by atoms with Crippen LogP contribution in [0, 0.1) is 0 Å². The average Bonchev–Trinajstić information content (AvgIpc) is 3.00. The maximum absolute atomic E-state index is 13.9. The molecule has 3 aliphatic rings. The Morgan fingerprint density at radius 1 is 1.26 bits per heavy atom. The first-order valence-electron chi connectivity index (χ1n) is 12.8. The quantitative estimate of drug-likeness (QED) is 0.684. The number of aliphatic hydroxyl groups is 1. The number of carbonyl (C=O) groups excluding carboxylic acids is 1. The normalized spacial score (nSPS) is 26.5. The van der Waals surface area contributed by atoms with E-state index in [1.54, 1.807) is 6.20 Å². The molecule has 1 aromatic heterocycles. The molecule has 0 spiro atoms. The summed E-state index contributed by atoms with van der Waals surface area (Å²) in [6, 6.07) is 10.3. The van der Waals surface area contributed by atoms with Crippen molar-refractivity contribution in [1.29, 1.82) is 0 Å².